The predicted molar refractivity (Wildman–Crippen MR) is 133 cm³/mol. The molecule has 1 saturated heterocycles. The van der Waals surface area contributed by atoms with Crippen LogP contribution < -0.4 is 25.0 Å². The van der Waals surface area contributed by atoms with Gasteiger partial charge in [-0.15, -0.1) is 0 Å². The van der Waals surface area contributed by atoms with Crippen LogP contribution in [0.5, 0.6) is 17.4 Å². The number of halogens is 5. The van der Waals surface area contributed by atoms with E-state index in [0.29, 0.717) is 19.0 Å². The Morgan fingerprint density at radius 2 is 1.95 bits per heavy atom. The van der Waals surface area contributed by atoms with Gasteiger partial charge in [-0.25, -0.2) is 9.37 Å². The maximum absolute atomic E-state index is 13.6. The number of anilines is 3. The van der Waals surface area contributed by atoms with Crippen molar-refractivity contribution in [3.63, 3.8) is 0 Å². The van der Waals surface area contributed by atoms with Crippen molar-refractivity contribution >= 4 is 34.7 Å². The van der Waals surface area contributed by atoms with Gasteiger partial charge in [-0.2, -0.15) is 18.2 Å². The highest BCUT2D eigenvalue weighted by atomic mass is 35.5. The standard InChI is InChI=1S/C25H22ClF4N5O3/c26-19-2-1-14(9-20(19)38-24-21-22(32-13-33-24)31-5-8-37-21)23(36)34-17-10-15(25(28,29)30)11-18(12-17)35-6-3-16(27)4-7-35/h1-2,9-13,16H,3-8H2,(H,34,36)(H,31,32,33). The molecule has 200 valence electrons. The van der Waals surface area contributed by atoms with E-state index in [-0.39, 0.29) is 65.3 Å². The van der Waals surface area contributed by atoms with E-state index in [9.17, 15) is 22.4 Å². The molecule has 0 bridgehead atoms. The van der Waals surface area contributed by atoms with Gasteiger partial charge in [-0.3, -0.25) is 4.79 Å². The highest BCUT2D eigenvalue weighted by Gasteiger charge is 2.32. The number of benzene rings is 2. The first-order chi connectivity index (χ1) is 18.2. The van der Waals surface area contributed by atoms with E-state index in [0.717, 1.165) is 12.1 Å². The van der Waals surface area contributed by atoms with Crippen LogP contribution in [0.3, 0.4) is 0 Å². The van der Waals surface area contributed by atoms with Crippen LogP contribution in [0.4, 0.5) is 34.8 Å². The lowest BCUT2D eigenvalue weighted by Gasteiger charge is -2.31. The van der Waals surface area contributed by atoms with E-state index in [4.69, 9.17) is 21.1 Å². The van der Waals surface area contributed by atoms with Gasteiger partial charge in [-0.1, -0.05) is 11.6 Å². The molecular weight excluding hydrogens is 530 g/mol. The van der Waals surface area contributed by atoms with Crippen molar-refractivity contribution in [1.82, 2.24) is 9.97 Å². The number of aromatic nitrogens is 2. The summed E-state index contributed by atoms with van der Waals surface area (Å²) in [5.74, 6) is 0.233. The van der Waals surface area contributed by atoms with Crippen LogP contribution in [0.25, 0.3) is 0 Å². The molecule has 0 saturated carbocycles. The van der Waals surface area contributed by atoms with Crippen molar-refractivity contribution in [2.45, 2.75) is 25.2 Å². The van der Waals surface area contributed by atoms with Gasteiger partial charge in [0.1, 0.15) is 24.9 Å². The number of hydrogen-bond acceptors (Lipinski definition) is 7. The Labute approximate surface area is 219 Å². The second kappa shape index (κ2) is 10.5. The second-order valence-corrected chi connectivity index (χ2v) is 9.17. The van der Waals surface area contributed by atoms with E-state index in [1.165, 1.54) is 30.6 Å². The highest BCUT2D eigenvalue weighted by molar-refractivity contribution is 6.32. The molecule has 1 aromatic heterocycles. The van der Waals surface area contributed by atoms with E-state index < -0.39 is 23.8 Å². The Morgan fingerprint density at radius 3 is 2.71 bits per heavy atom. The molecule has 2 aromatic carbocycles. The Balaban J connectivity index is 1.39. The molecule has 38 heavy (non-hydrogen) atoms. The Bertz CT molecular complexity index is 1350. The number of nitrogens with one attached hydrogen (secondary N) is 2. The summed E-state index contributed by atoms with van der Waals surface area (Å²) in [7, 11) is 0. The van der Waals surface area contributed by atoms with Crippen LogP contribution in [0.1, 0.15) is 28.8 Å². The van der Waals surface area contributed by atoms with Crippen molar-refractivity contribution in [3.05, 3.63) is 58.9 Å². The lowest BCUT2D eigenvalue weighted by Crippen LogP contribution is -2.34. The fourth-order valence-corrected chi connectivity index (χ4v) is 4.33. The molecule has 0 aliphatic carbocycles. The molecule has 0 unspecified atom stereocenters. The smallest absolute Gasteiger partial charge is 0.416 e. The molecule has 2 N–H and O–H groups in total. The van der Waals surface area contributed by atoms with Crippen LogP contribution in [0, 0.1) is 0 Å². The van der Waals surface area contributed by atoms with Gasteiger partial charge in [-0.05, 0) is 49.2 Å². The monoisotopic (exact) mass is 551 g/mol. The summed E-state index contributed by atoms with van der Waals surface area (Å²) >= 11 is 6.27. The van der Waals surface area contributed by atoms with Gasteiger partial charge in [0.25, 0.3) is 11.8 Å². The van der Waals surface area contributed by atoms with Gasteiger partial charge >= 0.3 is 6.18 Å². The van der Waals surface area contributed by atoms with Crippen molar-refractivity contribution < 1.29 is 31.8 Å². The van der Waals surface area contributed by atoms with E-state index in [2.05, 4.69) is 20.6 Å². The quantitative estimate of drug-likeness (QED) is 0.380. The highest BCUT2D eigenvalue weighted by Crippen LogP contribution is 2.39. The van der Waals surface area contributed by atoms with Gasteiger partial charge in [0, 0.05) is 30.0 Å². The summed E-state index contributed by atoms with van der Waals surface area (Å²) in [4.78, 5) is 22.9. The Morgan fingerprint density at radius 1 is 1.16 bits per heavy atom. The summed E-state index contributed by atoms with van der Waals surface area (Å²) < 4.78 is 65.8. The number of piperidine rings is 1. The van der Waals surface area contributed by atoms with E-state index in [1.807, 2.05) is 0 Å². The molecule has 2 aliphatic heterocycles. The molecule has 3 aromatic rings. The molecular formula is C25H22ClF4N5O3. The maximum Gasteiger partial charge on any atom is 0.416 e. The van der Waals surface area contributed by atoms with Crippen molar-refractivity contribution in [2.75, 3.05) is 41.8 Å². The minimum absolute atomic E-state index is 0.0519. The molecule has 0 spiro atoms. The number of amides is 1. The molecule has 0 radical (unpaired) electrons. The maximum atomic E-state index is 13.6. The molecule has 8 nitrogen and oxygen atoms in total. The van der Waals surface area contributed by atoms with E-state index in [1.54, 1.807) is 4.90 Å². The number of rotatable bonds is 5. The predicted octanol–water partition coefficient (Wildman–Crippen LogP) is 5.94. The van der Waals surface area contributed by atoms with Crippen LogP contribution in [-0.4, -0.2) is 48.3 Å². The normalized spacial score (nSPS) is 15.8. The zero-order chi connectivity index (χ0) is 26.9. The third-order valence-electron chi connectivity index (χ3n) is 6.10. The molecule has 0 atom stereocenters. The first-order valence-electron chi connectivity index (χ1n) is 11.8. The largest absolute Gasteiger partial charge is 0.483 e. The molecule has 1 amide bonds. The minimum Gasteiger partial charge on any atom is -0.483 e. The van der Waals surface area contributed by atoms with Crippen molar-refractivity contribution in [3.8, 4) is 17.4 Å². The van der Waals surface area contributed by atoms with E-state index >= 15 is 0 Å². The van der Waals surface area contributed by atoms with Crippen molar-refractivity contribution in [2.24, 2.45) is 0 Å². The van der Waals surface area contributed by atoms with Gasteiger partial charge in [0.05, 0.1) is 17.1 Å². The number of hydrogen-bond donors (Lipinski definition) is 2. The number of ether oxygens (including phenoxy) is 2. The number of fused-ring (bicyclic) bond motifs is 1. The summed E-state index contributed by atoms with van der Waals surface area (Å²) in [6.45, 7) is 1.49. The fourth-order valence-electron chi connectivity index (χ4n) is 4.17. The zero-order valence-corrected chi connectivity index (χ0v) is 20.6. The van der Waals surface area contributed by atoms with Crippen LogP contribution in [0.2, 0.25) is 5.02 Å². The first kappa shape index (κ1) is 25.8. The lowest BCUT2D eigenvalue weighted by molar-refractivity contribution is -0.137. The Hall–Kier alpha value is -3.80. The summed E-state index contributed by atoms with van der Waals surface area (Å²) in [6.07, 6.45) is -3.89. The third kappa shape index (κ3) is 5.69. The van der Waals surface area contributed by atoms with Gasteiger partial charge in [0.15, 0.2) is 5.82 Å². The number of alkyl halides is 4. The molecule has 1 fully saturated rings. The number of carbonyl (C=O) groups excluding carboxylic acids is 1. The van der Waals surface area contributed by atoms with Crippen molar-refractivity contribution in [1.29, 1.82) is 0 Å². The SMILES string of the molecule is O=C(Nc1cc(N2CCC(F)CC2)cc(C(F)(F)F)c1)c1ccc(Cl)c(Oc2ncnc3c2OCCN3)c1. The second-order valence-electron chi connectivity index (χ2n) is 8.76. The Kier molecular flexibility index (Phi) is 7.15. The topological polar surface area (TPSA) is 88.6 Å². The first-order valence-corrected chi connectivity index (χ1v) is 12.2. The van der Waals surface area contributed by atoms with Crippen LogP contribution in [-0.2, 0) is 6.18 Å². The summed E-state index contributed by atoms with van der Waals surface area (Å²) in [5, 5.41) is 5.75. The minimum atomic E-state index is -4.64. The fraction of sp³-hybridized carbons (Fsp3) is 0.320. The van der Waals surface area contributed by atoms with Crippen LogP contribution in [0.15, 0.2) is 42.7 Å². The molecule has 3 heterocycles. The summed E-state index contributed by atoms with van der Waals surface area (Å²) in [6, 6.07) is 7.49. The molecule has 2 aliphatic rings. The molecule has 13 heteroatoms. The number of nitrogens with zero attached hydrogens (tertiary/aromatic N) is 3. The van der Waals surface area contributed by atoms with Crippen LogP contribution >= 0.6 is 11.6 Å². The van der Waals surface area contributed by atoms with Gasteiger partial charge in [0.2, 0.25) is 5.75 Å². The average Bonchev–Trinajstić information content (AvgIpc) is 2.90. The summed E-state index contributed by atoms with van der Waals surface area (Å²) in [5.41, 5.74) is -0.633. The third-order valence-corrected chi connectivity index (χ3v) is 6.42. The molecule has 5 rings (SSSR count). The number of carbonyl (C=O) groups is 1. The zero-order valence-electron chi connectivity index (χ0n) is 19.8. The lowest BCUT2D eigenvalue weighted by atomic mass is 10.1. The van der Waals surface area contributed by atoms with Gasteiger partial charge < -0.3 is 25.0 Å². The average molecular weight is 552 g/mol.